The van der Waals surface area contributed by atoms with Gasteiger partial charge in [-0.15, -0.1) is 0 Å². The molecule has 3 rings (SSSR count). The average Bonchev–Trinajstić information content (AvgIpc) is 2.94. The Morgan fingerprint density at radius 1 is 0.821 bits per heavy atom. The van der Waals surface area contributed by atoms with E-state index in [1.807, 2.05) is 30.3 Å². The molecule has 0 radical (unpaired) electrons. The first kappa shape index (κ1) is 19.9. The lowest BCUT2D eigenvalue weighted by atomic mass is 10.1. The molecule has 2 aromatic rings. The second-order valence-electron chi connectivity index (χ2n) is 6.73. The van der Waals surface area contributed by atoms with E-state index in [0.29, 0.717) is 26.1 Å². The van der Waals surface area contributed by atoms with E-state index in [4.69, 9.17) is 0 Å². The summed E-state index contributed by atoms with van der Waals surface area (Å²) in [5.74, 6) is -0.693. The van der Waals surface area contributed by atoms with E-state index in [1.165, 1.54) is 23.1 Å². The van der Waals surface area contributed by atoms with Gasteiger partial charge >= 0.3 is 6.18 Å². The summed E-state index contributed by atoms with van der Waals surface area (Å²) in [6, 6.07) is 14.2. The van der Waals surface area contributed by atoms with Gasteiger partial charge in [0.05, 0.1) is 17.5 Å². The maximum absolute atomic E-state index is 13.2. The van der Waals surface area contributed by atoms with Crippen molar-refractivity contribution >= 4 is 11.8 Å². The van der Waals surface area contributed by atoms with Crippen LogP contribution in [-0.4, -0.2) is 47.8 Å². The number of carbonyl (C=O) groups excluding carboxylic acids is 2. The summed E-state index contributed by atoms with van der Waals surface area (Å²) >= 11 is 0. The Hall–Kier alpha value is -2.83. The minimum Gasteiger partial charge on any atom is -0.341 e. The zero-order chi connectivity index (χ0) is 20.1. The van der Waals surface area contributed by atoms with Gasteiger partial charge in [-0.1, -0.05) is 42.5 Å². The number of alkyl halides is 3. The summed E-state index contributed by atoms with van der Waals surface area (Å²) in [6.45, 7) is 1.33. The largest absolute Gasteiger partial charge is 0.417 e. The number of rotatable bonds is 3. The monoisotopic (exact) mass is 390 g/mol. The predicted octanol–water partition coefficient (Wildman–Crippen LogP) is 3.62. The molecule has 0 bridgehead atoms. The molecule has 2 aromatic carbocycles. The molecule has 0 N–H and O–H groups in total. The van der Waals surface area contributed by atoms with Crippen molar-refractivity contribution in [1.29, 1.82) is 0 Å². The topological polar surface area (TPSA) is 40.6 Å². The molecule has 0 aromatic heterocycles. The SMILES string of the molecule is O=C(Cc1ccccc1)N1CCCN(C(=O)c2ccccc2C(F)(F)F)CC1. The summed E-state index contributed by atoms with van der Waals surface area (Å²) in [6.07, 6.45) is -3.79. The van der Waals surface area contributed by atoms with Crippen molar-refractivity contribution in [3.63, 3.8) is 0 Å². The lowest BCUT2D eigenvalue weighted by Gasteiger charge is -2.23. The quantitative estimate of drug-likeness (QED) is 0.803. The Morgan fingerprint density at radius 2 is 1.43 bits per heavy atom. The van der Waals surface area contributed by atoms with Gasteiger partial charge < -0.3 is 9.80 Å². The number of carbonyl (C=O) groups is 2. The lowest BCUT2D eigenvalue weighted by molar-refractivity contribution is -0.138. The number of nitrogens with zero attached hydrogens (tertiary/aromatic N) is 2. The molecule has 7 heteroatoms. The minimum atomic E-state index is -4.59. The van der Waals surface area contributed by atoms with Gasteiger partial charge in [-0.05, 0) is 24.1 Å². The third-order valence-corrected chi connectivity index (χ3v) is 4.80. The minimum absolute atomic E-state index is 0.0452. The average molecular weight is 390 g/mol. The van der Waals surface area contributed by atoms with Gasteiger partial charge in [0, 0.05) is 26.2 Å². The van der Waals surface area contributed by atoms with E-state index in [9.17, 15) is 22.8 Å². The first-order valence-corrected chi connectivity index (χ1v) is 9.13. The molecule has 0 saturated carbocycles. The van der Waals surface area contributed by atoms with E-state index in [0.717, 1.165) is 11.6 Å². The molecule has 0 unspecified atom stereocenters. The van der Waals surface area contributed by atoms with Crippen molar-refractivity contribution in [2.24, 2.45) is 0 Å². The standard InChI is InChI=1S/C21H21F3N2O2/c22-21(23,24)18-10-5-4-9-17(18)20(28)26-12-6-11-25(13-14-26)19(27)15-16-7-2-1-3-8-16/h1-5,7-10H,6,11-15H2. The number of hydrogen-bond donors (Lipinski definition) is 0. The van der Waals surface area contributed by atoms with E-state index in [2.05, 4.69) is 0 Å². The zero-order valence-electron chi connectivity index (χ0n) is 15.3. The maximum Gasteiger partial charge on any atom is 0.417 e. The van der Waals surface area contributed by atoms with Crippen LogP contribution in [0.1, 0.15) is 27.9 Å². The van der Waals surface area contributed by atoms with Crippen LogP contribution >= 0.6 is 0 Å². The van der Waals surface area contributed by atoms with Gasteiger partial charge in [0.15, 0.2) is 0 Å². The molecule has 1 heterocycles. The Labute approximate surface area is 161 Å². The molecular formula is C21H21F3N2O2. The summed E-state index contributed by atoms with van der Waals surface area (Å²) in [5.41, 5.74) is -0.371. The molecule has 1 aliphatic heterocycles. The fraction of sp³-hybridized carbons (Fsp3) is 0.333. The normalized spacial score (nSPS) is 15.2. The molecule has 28 heavy (non-hydrogen) atoms. The molecule has 1 fully saturated rings. The van der Waals surface area contributed by atoms with Crippen molar-refractivity contribution in [2.45, 2.75) is 19.0 Å². The Balaban J connectivity index is 1.67. The van der Waals surface area contributed by atoms with Gasteiger partial charge in [0.1, 0.15) is 0 Å². The second-order valence-corrected chi connectivity index (χ2v) is 6.73. The van der Waals surface area contributed by atoms with Crippen LogP contribution in [0.2, 0.25) is 0 Å². The van der Waals surface area contributed by atoms with Gasteiger partial charge in [0.25, 0.3) is 5.91 Å². The third-order valence-electron chi connectivity index (χ3n) is 4.80. The van der Waals surface area contributed by atoms with E-state index in [1.54, 1.807) is 4.90 Å². The molecule has 148 valence electrons. The van der Waals surface area contributed by atoms with Crippen molar-refractivity contribution in [3.8, 4) is 0 Å². The molecule has 1 aliphatic rings. The Kier molecular flexibility index (Phi) is 6.02. The van der Waals surface area contributed by atoms with Crippen LogP contribution in [0.3, 0.4) is 0 Å². The predicted molar refractivity (Wildman–Crippen MR) is 98.7 cm³/mol. The van der Waals surface area contributed by atoms with Gasteiger partial charge in [0.2, 0.25) is 5.91 Å². The van der Waals surface area contributed by atoms with Crippen LogP contribution in [0.25, 0.3) is 0 Å². The van der Waals surface area contributed by atoms with Crippen LogP contribution in [0.5, 0.6) is 0 Å². The Morgan fingerprint density at radius 3 is 2.14 bits per heavy atom. The van der Waals surface area contributed by atoms with E-state index >= 15 is 0 Å². The van der Waals surface area contributed by atoms with Crippen LogP contribution < -0.4 is 0 Å². The summed E-state index contributed by atoms with van der Waals surface area (Å²) in [7, 11) is 0. The second kappa shape index (κ2) is 8.46. The van der Waals surface area contributed by atoms with Gasteiger partial charge in [-0.25, -0.2) is 0 Å². The van der Waals surface area contributed by atoms with Crippen molar-refractivity contribution in [1.82, 2.24) is 9.80 Å². The highest BCUT2D eigenvalue weighted by Crippen LogP contribution is 2.32. The van der Waals surface area contributed by atoms with Gasteiger partial charge in [-0.2, -0.15) is 13.2 Å². The van der Waals surface area contributed by atoms with Crippen LogP contribution in [-0.2, 0) is 17.4 Å². The maximum atomic E-state index is 13.2. The smallest absolute Gasteiger partial charge is 0.341 e. The van der Waals surface area contributed by atoms with Crippen molar-refractivity contribution in [2.75, 3.05) is 26.2 Å². The number of benzene rings is 2. The van der Waals surface area contributed by atoms with Crippen molar-refractivity contribution < 1.29 is 22.8 Å². The number of halogens is 3. The zero-order valence-corrected chi connectivity index (χ0v) is 15.3. The molecule has 1 saturated heterocycles. The van der Waals surface area contributed by atoms with Crippen LogP contribution in [0.15, 0.2) is 54.6 Å². The van der Waals surface area contributed by atoms with Crippen LogP contribution in [0, 0.1) is 0 Å². The molecular weight excluding hydrogens is 369 g/mol. The third kappa shape index (κ3) is 4.71. The van der Waals surface area contributed by atoms with Crippen molar-refractivity contribution in [3.05, 3.63) is 71.3 Å². The molecule has 0 aliphatic carbocycles. The fourth-order valence-electron chi connectivity index (χ4n) is 3.34. The molecule has 2 amide bonds. The Bertz CT molecular complexity index is 837. The first-order chi connectivity index (χ1) is 13.4. The van der Waals surface area contributed by atoms with Crippen LogP contribution in [0.4, 0.5) is 13.2 Å². The lowest BCUT2D eigenvalue weighted by Crippen LogP contribution is -2.38. The molecule has 4 nitrogen and oxygen atoms in total. The highest BCUT2D eigenvalue weighted by molar-refractivity contribution is 5.96. The number of hydrogen-bond acceptors (Lipinski definition) is 2. The van der Waals surface area contributed by atoms with Gasteiger partial charge in [-0.3, -0.25) is 9.59 Å². The summed E-state index contributed by atoms with van der Waals surface area (Å²) < 4.78 is 39.6. The fourth-order valence-corrected chi connectivity index (χ4v) is 3.34. The summed E-state index contributed by atoms with van der Waals surface area (Å²) in [5, 5.41) is 0. The summed E-state index contributed by atoms with van der Waals surface area (Å²) in [4.78, 5) is 28.3. The van der Waals surface area contributed by atoms with E-state index < -0.39 is 17.6 Å². The number of amides is 2. The highest BCUT2D eigenvalue weighted by atomic mass is 19.4. The molecule has 0 spiro atoms. The highest BCUT2D eigenvalue weighted by Gasteiger charge is 2.36. The first-order valence-electron chi connectivity index (χ1n) is 9.13. The van der Waals surface area contributed by atoms with E-state index in [-0.39, 0.29) is 24.4 Å². The molecule has 0 atom stereocenters.